The molecule has 0 fully saturated rings. The lowest BCUT2D eigenvalue weighted by Gasteiger charge is -2.13. The van der Waals surface area contributed by atoms with Crippen molar-refractivity contribution in [1.82, 2.24) is 14.9 Å². The number of methoxy groups -OCH3 is 2. The van der Waals surface area contributed by atoms with E-state index in [9.17, 15) is 4.79 Å². The van der Waals surface area contributed by atoms with Crippen molar-refractivity contribution in [1.29, 1.82) is 0 Å². The molecule has 140 valence electrons. The molecule has 1 heterocycles. The van der Waals surface area contributed by atoms with Gasteiger partial charge in [0, 0.05) is 25.5 Å². The number of nitrogens with zero attached hydrogens (tertiary/aromatic N) is 2. The molecule has 0 saturated heterocycles. The van der Waals surface area contributed by atoms with Gasteiger partial charge in [-0.05, 0) is 30.2 Å². The lowest BCUT2D eigenvalue weighted by Crippen LogP contribution is -2.23. The lowest BCUT2D eigenvalue weighted by atomic mass is 10.1. The molecule has 1 aromatic heterocycles. The van der Waals surface area contributed by atoms with Crippen LogP contribution in [0.25, 0.3) is 0 Å². The molecule has 0 aliphatic rings. The molecule has 2 aromatic carbocycles. The monoisotopic (exact) mass is 365 g/mol. The molecule has 0 atom stereocenters. The van der Waals surface area contributed by atoms with Crippen molar-refractivity contribution < 1.29 is 14.3 Å². The molecule has 6 heteroatoms. The van der Waals surface area contributed by atoms with E-state index in [-0.39, 0.29) is 5.91 Å². The van der Waals surface area contributed by atoms with Crippen LogP contribution in [0.2, 0.25) is 0 Å². The van der Waals surface area contributed by atoms with E-state index >= 15 is 0 Å². The first kappa shape index (κ1) is 18.5. The molecule has 27 heavy (non-hydrogen) atoms. The quantitative estimate of drug-likeness (QED) is 0.698. The molecule has 0 bridgehead atoms. The van der Waals surface area contributed by atoms with E-state index in [1.165, 1.54) is 7.11 Å². The minimum Gasteiger partial charge on any atom is -0.493 e. The zero-order valence-corrected chi connectivity index (χ0v) is 15.7. The van der Waals surface area contributed by atoms with E-state index in [1.807, 2.05) is 25.3 Å². The van der Waals surface area contributed by atoms with Crippen molar-refractivity contribution in [2.75, 3.05) is 14.2 Å². The van der Waals surface area contributed by atoms with Crippen molar-refractivity contribution in [3.8, 4) is 11.5 Å². The highest BCUT2D eigenvalue weighted by Crippen LogP contribution is 2.30. The molecule has 0 spiro atoms. The van der Waals surface area contributed by atoms with Crippen molar-refractivity contribution in [2.45, 2.75) is 20.0 Å². The lowest BCUT2D eigenvalue weighted by molar-refractivity contribution is 0.0947. The molecule has 0 radical (unpaired) electrons. The van der Waals surface area contributed by atoms with Crippen LogP contribution in [0.4, 0.5) is 0 Å². The summed E-state index contributed by atoms with van der Waals surface area (Å²) in [6.45, 7) is 3.15. The Hall–Kier alpha value is -3.28. The SMILES string of the molecule is COc1cccc(C(=O)NCc2cccc(Cn3ccnc3C)c2)c1OC. The maximum absolute atomic E-state index is 12.6. The number of rotatable bonds is 7. The van der Waals surface area contributed by atoms with Gasteiger partial charge >= 0.3 is 0 Å². The number of para-hydroxylation sites is 1. The van der Waals surface area contributed by atoms with Gasteiger partial charge in [-0.15, -0.1) is 0 Å². The normalized spacial score (nSPS) is 10.5. The molecule has 1 amide bonds. The Labute approximate surface area is 158 Å². The number of hydrogen-bond donors (Lipinski definition) is 1. The molecule has 0 aliphatic heterocycles. The van der Waals surface area contributed by atoms with Crippen LogP contribution in [-0.2, 0) is 13.1 Å². The summed E-state index contributed by atoms with van der Waals surface area (Å²) in [6.07, 6.45) is 3.75. The number of ether oxygens (including phenoxy) is 2. The van der Waals surface area contributed by atoms with Gasteiger partial charge in [0.1, 0.15) is 5.82 Å². The summed E-state index contributed by atoms with van der Waals surface area (Å²) in [5.41, 5.74) is 2.63. The van der Waals surface area contributed by atoms with E-state index in [1.54, 1.807) is 31.5 Å². The Kier molecular flexibility index (Phi) is 5.76. The van der Waals surface area contributed by atoms with Gasteiger partial charge in [0.05, 0.1) is 19.8 Å². The standard InChI is InChI=1S/C21H23N3O3/c1-15-22-10-11-24(15)14-17-7-4-6-16(12-17)13-23-21(25)18-8-5-9-19(26-2)20(18)27-3/h4-12H,13-14H2,1-3H3,(H,23,25). The van der Waals surface area contributed by atoms with Crippen LogP contribution in [0.5, 0.6) is 11.5 Å². The van der Waals surface area contributed by atoms with Crippen LogP contribution >= 0.6 is 0 Å². The molecule has 0 saturated carbocycles. The molecule has 0 unspecified atom stereocenters. The third-order valence-electron chi connectivity index (χ3n) is 4.37. The summed E-state index contributed by atoms with van der Waals surface area (Å²) in [5.74, 6) is 1.73. The van der Waals surface area contributed by atoms with Crippen LogP contribution in [-0.4, -0.2) is 29.7 Å². The highest BCUT2D eigenvalue weighted by Gasteiger charge is 2.16. The van der Waals surface area contributed by atoms with Gasteiger partial charge in [-0.2, -0.15) is 0 Å². The average Bonchev–Trinajstić information content (AvgIpc) is 3.10. The molecule has 3 aromatic rings. The number of aryl methyl sites for hydroxylation is 1. The Bertz CT molecular complexity index is 934. The molecular weight excluding hydrogens is 342 g/mol. The van der Waals surface area contributed by atoms with Crippen LogP contribution in [0.3, 0.4) is 0 Å². The number of amides is 1. The van der Waals surface area contributed by atoms with Gasteiger partial charge in [-0.3, -0.25) is 4.79 Å². The Morgan fingerprint density at radius 3 is 2.59 bits per heavy atom. The molecule has 6 nitrogen and oxygen atoms in total. The fourth-order valence-electron chi connectivity index (χ4n) is 2.95. The van der Waals surface area contributed by atoms with Crippen LogP contribution < -0.4 is 14.8 Å². The van der Waals surface area contributed by atoms with Gasteiger partial charge < -0.3 is 19.4 Å². The Balaban J connectivity index is 1.69. The maximum Gasteiger partial charge on any atom is 0.255 e. The number of hydrogen-bond acceptors (Lipinski definition) is 4. The van der Waals surface area contributed by atoms with E-state index in [2.05, 4.69) is 27.0 Å². The van der Waals surface area contributed by atoms with Gasteiger partial charge in [-0.25, -0.2) is 4.98 Å². The first-order valence-electron chi connectivity index (χ1n) is 8.67. The Morgan fingerprint density at radius 1 is 1.11 bits per heavy atom. The van der Waals surface area contributed by atoms with Crippen molar-refractivity contribution in [2.24, 2.45) is 0 Å². The van der Waals surface area contributed by atoms with Crippen molar-refractivity contribution >= 4 is 5.91 Å². The van der Waals surface area contributed by atoms with Crippen molar-refractivity contribution in [3.05, 3.63) is 77.4 Å². The molecule has 3 rings (SSSR count). The zero-order valence-electron chi connectivity index (χ0n) is 15.7. The van der Waals surface area contributed by atoms with Gasteiger partial charge in [0.25, 0.3) is 5.91 Å². The van der Waals surface area contributed by atoms with Gasteiger partial charge in [0.15, 0.2) is 11.5 Å². The number of imidazole rings is 1. The minimum atomic E-state index is -0.207. The summed E-state index contributed by atoms with van der Waals surface area (Å²) >= 11 is 0. The second-order valence-corrected chi connectivity index (χ2v) is 6.15. The third kappa shape index (κ3) is 4.28. The first-order chi connectivity index (χ1) is 13.1. The molecule has 1 N–H and O–H groups in total. The van der Waals surface area contributed by atoms with E-state index in [4.69, 9.17) is 9.47 Å². The Morgan fingerprint density at radius 2 is 1.89 bits per heavy atom. The van der Waals surface area contributed by atoms with Crippen LogP contribution in [0.15, 0.2) is 54.9 Å². The first-order valence-corrected chi connectivity index (χ1v) is 8.67. The number of benzene rings is 2. The second-order valence-electron chi connectivity index (χ2n) is 6.15. The minimum absolute atomic E-state index is 0.207. The van der Waals surface area contributed by atoms with Crippen molar-refractivity contribution in [3.63, 3.8) is 0 Å². The smallest absolute Gasteiger partial charge is 0.255 e. The average molecular weight is 365 g/mol. The zero-order chi connectivity index (χ0) is 19.2. The predicted molar refractivity (Wildman–Crippen MR) is 103 cm³/mol. The number of aromatic nitrogens is 2. The van der Waals surface area contributed by atoms with E-state index in [0.717, 1.165) is 23.5 Å². The predicted octanol–water partition coefficient (Wildman–Crippen LogP) is 3.19. The van der Waals surface area contributed by atoms with Crippen LogP contribution in [0, 0.1) is 6.92 Å². The highest BCUT2D eigenvalue weighted by atomic mass is 16.5. The summed E-state index contributed by atoms with van der Waals surface area (Å²) in [7, 11) is 3.07. The second kappa shape index (κ2) is 8.40. The molecule has 0 aliphatic carbocycles. The fraction of sp³-hybridized carbons (Fsp3) is 0.238. The topological polar surface area (TPSA) is 65.4 Å². The summed E-state index contributed by atoms with van der Waals surface area (Å²) < 4.78 is 12.7. The van der Waals surface area contributed by atoms with Gasteiger partial charge in [0.2, 0.25) is 0 Å². The fourth-order valence-corrected chi connectivity index (χ4v) is 2.95. The third-order valence-corrected chi connectivity index (χ3v) is 4.37. The number of nitrogens with one attached hydrogen (secondary N) is 1. The molecular formula is C21H23N3O3. The summed E-state index contributed by atoms with van der Waals surface area (Å²) in [4.78, 5) is 16.8. The largest absolute Gasteiger partial charge is 0.493 e. The number of carbonyl (C=O) groups is 1. The van der Waals surface area contributed by atoms with Crippen LogP contribution in [0.1, 0.15) is 27.3 Å². The summed E-state index contributed by atoms with van der Waals surface area (Å²) in [6, 6.07) is 13.4. The van der Waals surface area contributed by atoms with E-state index in [0.29, 0.717) is 23.6 Å². The number of carbonyl (C=O) groups excluding carboxylic acids is 1. The van der Waals surface area contributed by atoms with E-state index < -0.39 is 0 Å². The summed E-state index contributed by atoms with van der Waals surface area (Å²) in [5, 5.41) is 2.95. The maximum atomic E-state index is 12.6. The van der Waals surface area contributed by atoms with Gasteiger partial charge in [-0.1, -0.05) is 30.3 Å². The highest BCUT2D eigenvalue weighted by molar-refractivity contribution is 5.97.